The van der Waals surface area contributed by atoms with Crippen LogP contribution in [0.25, 0.3) is 56.2 Å². The molecule has 0 unspecified atom stereocenters. The Morgan fingerprint density at radius 1 is 0.404 bits per heavy atom. The maximum absolute atomic E-state index is 5.08. The topological polar surface area (TPSA) is 25.8 Å². The average Bonchev–Trinajstić information content (AvgIpc) is 3.35. The fourth-order valence-corrected chi connectivity index (χ4v) is 9.14. The summed E-state index contributed by atoms with van der Waals surface area (Å²) in [5, 5.41) is 0. The fourth-order valence-electron chi connectivity index (χ4n) is 6.86. The lowest BCUT2D eigenvalue weighted by Gasteiger charge is -2.24. The van der Waals surface area contributed by atoms with Crippen molar-refractivity contribution >= 4 is 23.5 Å². The monoisotopic (exact) mass is 638 g/mol. The zero-order valence-corrected chi connectivity index (χ0v) is 27.7. The van der Waals surface area contributed by atoms with Crippen molar-refractivity contribution in [3.8, 4) is 56.2 Å². The van der Waals surface area contributed by atoms with Crippen LogP contribution in [0.3, 0.4) is 0 Å². The predicted octanol–water partition coefficient (Wildman–Crippen LogP) is 12.1. The minimum atomic E-state index is -0.104. The third-order valence-corrected chi connectivity index (χ3v) is 11.9. The van der Waals surface area contributed by atoms with Crippen molar-refractivity contribution in [3.63, 3.8) is 0 Å². The van der Waals surface area contributed by atoms with Crippen molar-refractivity contribution in [1.29, 1.82) is 0 Å². The summed E-state index contributed by atoms with van der Waals surface area (Å²) < 4.78 is 0. The number of nitrogens with zero attached hydrogens (tertiary/aromatic N) is 2. The van der Waals surface area contributed by atoms with E-state index in [9.17, 15) is 0 Å². The number of benzene rings is 6. The number of hydrogen-bond acceptors (Lipinski definition) is 4. The summed E-state index contributed by atoms with van der Waals surface area (Å²) in [5.74, 6) is 0.725. The number of rotatable bonds is 4. The number of hydrogen-bond donors (Lipinski definition) is 0. The molecule has 47 heavy (non-hydrogen) atoms. The fraction of sp³-hybridized carbons (Fsp3) is 0.0698. The van der Waals surface area contributed by atoms with Gasteiger partial charge in [-0.05, 0) is 75.8 Å². The van der Waals surface area contributed by atoms with Gasteiger partial charge in [0.2, 0.25) is 0 Å². The summed E-state index contributed by atoms with van der Waals surface area (Å²) in [5.41, 5.74) is 12.7. The van der Waals surface area contributed by atoms with Crippen molar-refractivity contribution in [2.24, 2.45) is 0 Å². The van der Waals surface area contributed by atoms with Crippen molar-refractivity contribution in [2.75, 3.05) is 0 Å². The molecule has 0 saturated heterocycles. The van der Waals surface area contributed by atoms with Gasteiger partial charge in [0.15, 0.2) is 5.82 Å². The van der Waals surface area contributed by atoms with Gasteiger partial charge in [0.25, 0.3) is 0 Å². The Kier molecular flexibility index (Phi) is 6.70. The highest BCUT2D eigenvalue weighted by atomic mass is 32.2. The molecule has 4 heteroatoms. The molecule has 1 aliphatic heterocycles. The number of fused-ring (bicyclic) bond motifs is 5. The molecule has 0 bridgehead atoms. The highest BCUT2D eigenvalue weighted by Gasteiger charge is 2.37. The standard InChI is InChI=1S/C43H30N2S2/c1-43(2)34-23-30(20-21-32(34)33-24-40-41(25-35(33)43)47-39-19-10-9-18-38(39)46-40)29-16-11-17-31(22-29)42-44-36(27-12-5-3-6-13-27)26-37(45-42)28-14-7-4-8-15-28/h3-26H,1-2H3. The van der Waals surface area contributed by atoms with Crippen LogP contribution in [0.15, 0.2) is 165 Å². The average molecular weight is 639 g/mol. The molecule has 1 aromatic heterocycles. The molecular weight excluding hydrogens is 609 g/mol. The second-order valence-corrected chi connectivity index (χ2v) is 14.8. The van der Waals surface area contributed by atoms with Crippen LogP contribution in [-0.2, 0) is 5.41 Å². The highest BCUT2D eigenvalue weighted by molar-refractivity contribution is 8.05. The second-order valence-electron chi connectivity index (χ2n) is 12.7. The quantitative estimate of drug-likeness (QED) is 0.192. The molecule has 1 aliphatic carbocycles. The van der Waals surface area contributed by atoms with E-state index in [1.165, 1.54) is 47.4 Å². The van der Waals surface area contributed by atoms with E-state index < -0.39 is 0 Å². The van der Waals surface area contributed by atoms with Crippen LogP contribution in [0, 0.1) is 0 Å². The Morgan fingerprint density at radius 2 is 0.936 bits per heavy atom. The van der Waals surface area contributed by atoms with E-state index in [-0.39, 0.29) is 5.41 Å². The molecular formula is C43H30N2S2. The molecule has 0 saturated carbocycles. The molecule has 0 radical (unpaired) electrons. The maximum atomic E-state index is 5.08. The minimum absolute atomic E-state index is 0.104. The van der Waals surface area contributed by atoms with E-state index in [1.807, 2.05) is 35.7 Å². The van der Waals surface area contributed by atoms with Crippen LogP contribution in [-0.4, -0.2) is 9.97 Å². The van der Waals surface area contributed by atoms with Crippen molar-refractivity contribution < 1.29 is 0 Å². The van der Waals surface area contributed by atoms with E-state index in [0.29, 0.717) is 0 Å². The first-order valence-electron chi connectivity index (χ1n) is 15.9. The third-order valence-electron chi connectivity index (χ3n) is 9.35. The molecule has 2 heterocycles. The lowest BCUT2D eigenvalue weighted by Crippen LogP contribution is -2.15. The van der Waals surface area contributed by atoms with Crippen LogP contribution in [0.5, 0.6) is 0 Å². The normalized spacial score (nSPS) is 13.7. The smallest absolute Gasteiger partial charge is 0.160 e. The van der Waals surface area contributed by atoms with Crippen LogP contribution >= 0.6 is 23.5 Å². The van der Waals surface area contributed by atoms with Crippen LogP contribution in [0.1, 0.15) is 25.0 Å². The third kappa shape index (κ3) is 4.91. The van der Waals surface area contributed by atoms with E-state index in [0.717, 1.165) is 39.5 Å². The zero-order valence-electron chi connectivity index (χ0n) is 26.1. The summed E-state index contributed by atoms with van der Waals surface area (Å²) in [6, 6.07) is 52.1. The van der Waals surface area contributed by atoms with Crippen molar-refractivity contribution in [2.45, 2.75) is 38.8 Å². The first kappa shape index (κ1) is 28.3. The van der Waals surface area contributed by atoms with Gasteiger partial charge >= 0.3 is 0 Å². The van der Waals surface area contributed by atoms with Crippen molar-refractivity contribution in [3.05, 3.63) is 157 Å². The van der Waals surface area contributed by atoms with Gasteiger partial charge < -0.3 is 0 Å². The van der Waals surface area contributed by atoms with Gasteiger partial charge in [-0.3, -0.25) is 0 Å². The Balaban J connectivity index is 1.11. The van der Waals surface area contributed by atoms with Crippen LogP contribution in [0.2, 0.25) is 0 Å². The van der Waals surface area contributed by atoms with Gasteiger partial charge in [0.05, 0.1) is 11.4 Å². The van der Waals surface area contributed by atoms with Gasteiger partial charge in [-0.15, -0.1) is 0 Å². The van der Waals surface area contributed by atoms with Crippen LogP contribution < -0.4 is 0 Å². The first-order chi connectivity index (χ1) is 23.0. The second kappa shape index (κ2) is 11.1. The molecule has 0 atom stereocenters. The molecule has 0 spiro atoms. The lowest BCUT2D eigenvalue weighted by atomic mass is 9.81. The van der Waals surface area contributed by atoms with Gasteiger partial charge in [-0.2, -0.15) is 0 Å². The molecule has 9 rings (SSSR count). The van der Waals surface area contributed by atoms with Crippen molar-refractivity contribution in [1.82, 2.24) is 9.97 Å². The Hall–Kier alpha value is -4.90. The van der Waals surface area contributed by atoms with Gasteiger partial charge in [-0.25, -0.2) is 9.97 Å². The van der Waals surface area contributed by atoms with Gasteiger partial charge in [0.1, 0.15) is 0 Å². The lowest BCUT2D eigenvalue weighted by molar-refractivity contribution is 0.658. The van der Waals surface area contributed by atoms with E-state index in [2.05, 4.69) is 147 Å². The molecule has 0 fully saturated rings. The zero-order chi connectivity index (χ0) is 31.5. The van der Waals surface area contributed by atoms with E-state index in [1.54, 1.807) is 0 Å². The maximum Gasteiger partial charge on any atom is 0.160 e. The molecule has 2 nitrogen and oxygen atoms in total. The minimum Gasteiger partial charge on any atom is -0.228 e. The molecule has 0 N–H and O–H groups in total. The Morgan fingerprint density at radius 3 is 1.60 bits per heavy atom. The van der Waals surface area contributed by atoms with Gasteiger partial charge in [-0.1, -0.05) is 140 Å². The molecule has 224 valence electrons. The molecule has 0 amide bonds. The van der Waals surface area contributed by atoms with E-state index in [4.69, 9.17) is 9.97 Å². The summed E-state index contributed by atoms with van der Waals surface area (Å²) in [6.07, 6.45) is 0. The first-order valence-corrected chi connectivity index (χ1v) is 17.5. The molecule has 7 aromatic rings. The summed E-state index contributed by atoms with van der Waals surface area (Å²) in [7, 11) is 0. The summed E-state index contributed by atoms with van der Waals surface area (Å²) >= 11 is 3.78. The largest absolute Gasteiger partial charge is 0.228 e. The highest BCUT2D eigenvalue weighted by Crippen LogP contribution is 2.56. The summed E-state index contributed by atoms with van der Waals surface area (Å²) in [4.78, 5) is 15.5. The van der Waals surface area contributed by atoms with E-state index >= 15 is 0 Å². The summed E-state index contributed by atoms with van der Waals surface area (Å²) in [6.45, 7) is 4.74. The number of aromatic nitrogens is 2. The molecule has 6 aromatic carbocycles. The van der Waals surface area contributed by atoms with Gasteiger partial charge in [0, 0.05) is 41.7 Å². The SMILES string of the molecule is CC1(C)c2cc(-c3cccc(-c4nc(-c5ccccc5)cc(-c5ccccc5)n4)c3)ccc2-c2cc3c(cc21)Sc1ccccc1S3. The predicted molar refractivity (Wildman–Crippen MR) is 196 cm³/mol. The Bertz CT molecular complexity index is 2270. The Labute approximate surface area is 284 Å². The van der Waals surface area contributed by atoms with Crippen LogP contribution in [0.4, 0.5) is 0 Å². The molecule has 2 aliphatic rings.